The zero-order valence-electron chi connectivity index (χ0n) is 13.4. The Morgan fingerprint density at radius 1 is 1.30 bits per heavy atom. The van der Waals surface area contributed by atoms with E-state index >= 15 is 0 Å². The molecule has 0 bridgehead atoms. The van der Waals surface area contributed by atoms with Crippen molar-refractivity contribution in [2.45, 2.75) is 32.1 Å². The Labute approximate surface area is 136 Å². The van der Waals surface area contributed by atoms with Gasteiger partial charge in [0, 0.05) is 18.7 Å². The van der Waals surface area contributed by atoms with Gasteiger partial charge in [-0.15, -0.1) is 0 Å². The highest BCUT2D eigenvalue weighted by atomic mass is 32.2. The van der Waals surface area contributed by atoms with E-state index in [1.54, 1.807) is 24.3 Å². The summed E-state index contributed by atoms with van der Waals surface area (Å²) in [5.74, 6) is 0.424. The number of aliphatic hydroxyl groups excluding tert-OH is 1. The standard InChI is InChI=1S/C15H22N2O5S/c1-10(2)22-12-6-4-11(5-7-12)15(19)17-8-13(14(18)9-17)16-23(3,20)21/h4-7,10,13-14,16,18H,8-9H2,1-3H3/t13-,14-/m1/s1. The van der Waals surface area contributed by atoms with Gasteiger partial charge >= 0.3 is 0 Å². The summed E-state index contributed by atoms with van der Waals surface area (Å²) in [4.78, 5) is 13.9. The van der Waals surface area contributed by atoms with Crippen LogP contribution in [0.2, 0.25) is 0 Å². The van der Waals surface area contributed by atoms with Crippen LogP contribution >= 0.6 is 0 Å². The van der Waals surface area contributed by atoms with Crippen molar-refractivity contribution in [2.24, 2.45) is 0 Å². The Morgan fingerprint density at radius 3 is 2.43 bits per heavy atom. The maximum absolute atomic E-state index is 12.4. The number of carbonyl (C=O) groups excluding carboxylic acids is 1. The van der Waals surface area contributed by atoms with E-state index in [0.717, 1.165) is 6.26 Å². The van der Waals surface area contributed by atoms with Crippen molar-refractivity contribution < 1.29 is 23.1 Å². The highest BCUT2D eigenvalue weighted by Crippen LogP contribution is 2.18. The highest BCUT2D eigenvalue weighted by Gasteiger charge is 2.35. The average Bonchev–Trinajstić information content (AvgIpc) is 2.77. The van der Waals surface area contributed by atoms with E-state index in [1.807, 2.05) is 13.8 Å². The molecule has 2 atom stereocenters. The van der Waals surface area contributed by atoms with Crippen molar-refractivity contribution in [1.29, 1.82) is 0 Å². The number of benzene rings is 1. The van der Waals surface area contributed by atoms with E-state index in [-0.39, 0.29) is 25.1 Å². The average molecular weight is 342 g/mol. The van der Waals surface area contributed by atoms with E-state index in [0.29, 0.717) is 11.3 Å². The third-order valence-corrected chi connectivity index (χ3v) is 4.15. The summed E-state index contributed by atoms with van der Waals surface area (Å²) in [7, 11) is -3.44. The van der Waals surface area contributed by atoms with Gasteiger partial charge in [-0.05, 0) is 38.1 Å². The third kappa shape index (κ3) is 4.92. The summed E-state index contributed by atoms with van der Waals surface area (Å²) < 4.78 is 30.4. The second-order valence-electron chi connectivity index (χ2n) is 5.96. The van der Waals surface area contributed by atoms with E-state index in [4.69, 9.17) is 4.74 Å². The lowest BCUT2D eigenvalue weighted by Crippen LogP contribution is -2.42. The van der Waals surface area contributed by atoms with Crippen LogP contribution in [0.1, 0.15) is 24.2 Å². The number of sulfonamides is 1. The lowest BCUT2D eigenvalue weighted by atomic mass is 10.2. The Kier molecular flexibility index (Phi) is 5.28. The van der Waals surface area contributed by atoms with Gasteiger partial charge in [0.2, 0.25) is 10.0 Å². The zero-order chi connectivity index (χ0) is 17.2. The number of nitrogens with zero attached hydrogens (tertiary/aromatic N) is 1. The number of likely N-dealkylation sites (tertiary alicyclic amines) is 1. The molecule has 0 aliphatic carbocycles. The molecule has 8 heteroatoms. The first-order valence-electron chi connectivity index (χ1n) is 7.37. The van der Waals surface area contributed by atoms with Crippen LogP contribution in [0.5, 0.6) is 5.75 Å². The lowest BCUT2D eigenvalue weighted by Gasteiger charge is -2.17. The normalized spacial score (nSPS) is 21.7. The Hall–Kier alpha value is -1.64. The topological polar surface area (TPSA) is 95.9 Å². The number of nitrogens with one attached hydrogen (secondary N) is 1. The van der Waals surface area contributed by atoms with Crippen molar-refractivity contribution in [1.82, 2.24) is 9.62 Å². The number of aliphatic hydroxyl groups is 1. The largest absolute Gasteiger partial charge is 0.491 e. The third-order valence-electron chi connectivity index (χ3n) is 3.41. The van der Waals surface area contributed by atoms with E-state index in [9.17, 15) is 18.3 Å². The summed E-state index contributed by atoms with van der Waals surface area (Å²) in [6.07, 6.45) is 0.155. The van der Waals surface area contributed by atoms with Crippen LogP contribution < -0.4 is 9.46 Å². The Morgan fingerprint density at radius 2 is 1.91 bits per heavy atom. The van der Waals surface area contributed by atoms with Crippen LogP contribution in [0.25, 0.3) is 0 Å². The first-order chi connectivity index (χ1) is 10.7. The molecule has 1 heterocycles. The molecule has 7 nitrogen and oxygen atoms in total. The molecule has 0 aromatic heterocycles. The van der Waals surface area contributed by atoms with Gasteiger partial charge in [0.05, 0.1) is 24.5 Å². The molecular formula is C15H22N2O5S. The zero-order valence-corrected chi connectivity index (χ0v) is 14.2. The first kappa shape index (κ1) is 17.7. The Bertz CT molecular complexity index is 657. The second kappa shape index (κ2) is 6.86. The molecule has 0 unspecified atom stereocenters. The number of hydrogen-bond acceptors (Lipinski definition) is 5. The van der Waals surface area contributed by atoms with Crippen LogP contribution in [0.4, 0.5) is 0 Å². The maximum atomic E-state index is 12.4. The smallest absolute Gasteiger partial charge is 0.254 e. The fourth-order valence-electron chi connectivity index (χ4n) is 2.47. The summed E-state index contributed by atoms with van der Waals surface area (Å²) in [5, 5.41) is 9.92. The fourth-order valence-corrected chi connectivity index (χ4v) is 3.26. The molecular weight excluding hydrogens is 320 g/mol. The maximum Gasteiger partial charge on any atom is 0.254 e. The van der Waals surface area contributed by atoms with Crippen LogP contribution in [0.3, 0.4) is 0 Å². The molecule has 1 aromatic carbocycles. The molecule has 2 rings (SSSR count). The number of ether oxygens (including phenoxy) is 1. The van der Waals surface area contributed by atoms with E-state index in [2.05, 4.69) is 4.72 Å². The monoisotopic (exact) mass is 342 g/mol. The molecule has 2 N–H and O–H groups in total. The summed E-state index contributed by atoms with van der Waals surface area (Å²) in [5.41, 5.74) is 0.466. The van der Waals surface area contributed by atoms with Crippen LogP contribution in [0.15, 0.2) is 24.3 Å². The van der Waals surface area contributed by atoms with Crippen LogP contribution in [0, 0.1) is 0 Å². The first-order valence-corrected chi connectivity index (χ1v) is 9.26. The fraction of sp³-hybridized carbons (Fsp3) is 0.533. The number of hydrogen-bond donors (Lipinski definition) is 2. The quantitative estimate of drug-likeness (QED) is 0.797. The van der Waals surface area contributed by atoms with Gasteiger partial charge in [-0.3, -0.25) is 4.79 Å². The van der Waals surface area contributed by atoms with Crippen molar-refractivity contribution in [3.63, 3.8) is 0 Å². The number of rotatable bonds is 5. The molecule has 23 heavy (non-hydrogen) atoms. The minimum Gasteiger partial charge on any atom is -0.491 e. The van der Waals surface area contributed by atoms with Gasteiger partial charge in [0.1, 0.15) is 5.75 Å². The van der Waals surface area contributed by atoms with Crippen LogP contribution in [-0.4, -0.2) is 61.9 Å². The molecule has 1 aromatic rings. The molecule has 0 spiro atoms. The second-order valence-corrected chi connectivity index (χ2v) is 7.75. The minimum atomic E-state index is -3.44. The predicted molar refractivity (Wildman–Crippen MR) is 85.9 cm³/mol. The van der Waals surface area contributed by atoms with E-state index < -0.39 is 22.2 Å². The van der Waals surface area contributed by atoms with Gasteiger partial charge in [-0.2, -0.15) is 0 Å². The van der Waals surface area contributed by atoms with Crippen molar-refractivity contribution in [3.8, 4) is 5.75 Å². The number of β-amino-alcohol motifs (C(OH)–C–C–N with tert-alkyl or cyclic N) is 1. The summed E-state index contributed by atoms with van der Waals surface area (Å²) >= 11 is 0. The molecule has 1 saturated heterocycles. The SMILES string of the molecule is CC(C)Oc1ccc(C(=O)N2C[C@@H](O)[C@H](NS(C)(=O)=O)C2)cc1. The van der Waals surface area contributed by atoms with Gasteiger partial charge in [-0.25, -0.2) is 13.1 Å². The molecule has 128 valence electrons. The molecule has 1 aliphatic rings. The molecule has 0 radical (unpaired) electrons. The lowest BCUT2D eigenvalue weighted by molar-refractivity contribution is 0.0765. The molecule has 1 amide bonds. The minimum absolute atomic E-state index is 0.0492. The van der Waals surface area contributed by atoms with E-state index in [1.165, 1.54) is 4.90 Å². The number of amides is 1. The predicted octanol–water partition coefficient (Wildman–Crippen LogP) is 0.208. The van der Waals surface area contributed by atoms with Gasteiger partial charge in [0.15, 0.2) is 0 Å². The summed E-state index contributed by atoms with van der Waals surface area (Å²) in [6.45, 7) is 4.06. The Balaban J connectivity index is 2.03. The van der Waals surface area contributed by atoms with Crippen molar-refractivity contribution in [2.75, 3.05) is 19.3 Å². The van der Waals surface area contributed by atoms with Gasteiger partial charge < -0.3 is 14.7 Å². The summed E-state index contributed by atoms with van der Waals surface area (Å²) in [6, 6.07) is 6.06. The number of carbonyl (C=O) groups is 1. The van der Waals surface area contributed by atoms with Gasteiger partial charge in [0.25, 0.3) is 5.91 Å². The van der Waals surface area contributed by atoms with Crippen LogP contribution in [-0.2, 0) is 10.0 Å². The molecule has 0 saturated carbocycles. The van der Waals surface area contributed by atoms with Gasteiger partial charge in [-0.1, -0.05) is 0 Å². The van der Waals surface area contributed by atoms with Crippen molar-refractivity contribution in [3.05, 3.63) is 29.8 Å². The molecule has 1 fully saturated rings. The van der Waals surface area contributed by atoms with Crippen molar-refractivity contribution >= 4 is 15.9 Å². The highest BCUT2D eigenvalue weighted by molar-refractivity contribution is 7.88. The molecule has 1 aliphatic heterocycles.